The third kappa shape index (κ3) is 6.25. The van der Waals surface area contributed by atoms with Gasteiger partial charge < -0.3 is 10.1 Å². The van der Waals surface area contributed by atoms with Gasteiger partial charge in [0, 0.05) is 5.02 Å². The minimum atomic E-state index is -3.95. The molecule has 0 saturated carbocycles. The summed E-state index contributed by atoms with van der Waals surface area (Å²) in [6.45, 7) is 4.38. The van der Waals surface area contributed by atoms with E-state index in [2.05, 4.69) is 10.0 Å². The molecule has 0 bridgehead atoms. The summed E-state index contributed by atoms with van der Waals surface area (Å²) in [6.07, 6.45) is -1.29. The molecule has 2 aromatic rings. The van der Waals surface area contributed by atoms with Crippen molar-refractivity contribution >= 4 is 39.2 Å². The number of nitrogens with one attached hydrogen (secondary N) is 2. The predicted octanol–water partition coefficient (Wildman–Crippen LogP) is 3.02. The molecular formula is C19H20ClFN2O5S. The number of benzene rings is 2. The molecule has 0 aliphatic carbocycles. The Kier molecular flexibility index (Phi) is 7.34. The minimum Gasteiger partial charge on any atom is -0.451 e. The first-order chi connectivity index (χ1) is 13.5. The lowest BCUT2D eigenvalue weighted by atomic mass is 10.2. The van der Waals surface area contributed by atoms with Crippen molar-refractivity contribution in [3.8, 4) is 0 Å². The molecule has 2 aromatic carbocycles. The molecule has 7 nitrogen and oxygen atoms in total. The van der Waals surface area contributed by atoms with E-state index in [9.17, 15) is 22.4 Å². The van der Waals surface area contributed by atoms with Crippen LogP contribution in [0.25, 0.3) is 0 Å². The highest BCUT2D eigenvalue weighted by atomic mass is 35.5. The van der Waals surface area contributed by atoms with Crippen molar-refractivity contribution in [3.63, 3.8) is 0 Å². The molecule has 29 heavy (non-hydrogen) atoms. The Morgan fingerprint density at radius 2 is 1.72 bits per heavy atom. The van der Waals surface area contributed by atoms with Crippen LogP contribution in [0.2, 0.25) is 5.02 Å². The number of anilines is 1. The summed E-state index contributed by atoms with van der Waals surface area (Å²) >= 11 is 5.65. The molecule has 1 amide bonds. The van der Waals surface area contributed by atoms with E-state index in [0.29, 0.717) is 0 Å². The molecule has 0 aliphatic rings. The Balaban J connectivity index is 1.97. The maximum absolute atomic E-state index is 13.8. The third-order valence-electron chi connectivity index (χ3n) is 3.87. The van der Waals surface area contributed by atoms with E-state index in [1.54, 1.807) is 12.1 Å². The number of halogens is 2. The van der Waals surface area contributed by atoms with Crippen LogP contribution in [0.3, 0.4) is 0 Å². The molecule has 0 heterocycles. The van der Waals surface area contributed by atoms with Gasteiger partial charge in [-0.05, 0) is 51.1 Å². The monoisotopic (exact) mass is 442 g/mol. The van der Waals surface area contributed by atoms with Crippen LogP contribution in [0.1, 0.15) is 19.4 Å². The zero-order chi connectivity index (χ0) is 21.8. The Labute approximate surface area is 173 Å². The van der Waals surface area contributed by atoms with E-state index in [0.717, 1.165) is 11.6 Å². The summed E-state index contributed by atoms with van der Waals surface area (Å²) < 4.78 is 45.6. The number of aryl methyl sites for hydroxylation is 1. The van der Waals surface area contributed by atoms with Crippen molar-refractivity contribution in [3.05, 3.63) is 58.9 Å². The number of rotatable bonds is 7. The molecule has 156 valence electrons. The highest BCUT2D eigenvalue weighted by Crippen LogP contribution is 2.19. The van der Waals surface area contributed by atoms with Gasteiger partial charge in [-0.25, -0.2) is 12.8 Å². The van der Waals surface area contributed by atoms with E-state index >= 15 is 0 Å². The van der Waals surface area contributed by atoms with E-state index in [4.69, 9.17) is 16.3 Å². The summed E-state index contributed by atoms with van der Waals surface area (Å²) in [5.74, 6) is -2.49. The number of esters is 1. The van der Waals surface area contributed by atoms with Crippen molar-refractivity contribution in [1.29, 1.82) is 0 Å². The topological polar surface area (TPSA) is 102 Å². The standard InChI is InChI=1S/C19H20ClFN2O5S/c1-11-4-7-15(8-5-11)29(26,27)23-12(2)19(25)28-13(3)18(24)22-17-9-6-14(20)10-16(17)21/h4-10,12-13,23H,1-3H3,(H,22,24)/t12-,13?/m0/s1. The minimum absolute atomic E-state index is 0.00763. The van der Waals surface area contributed by atoms with Gasteiger partial charge in [0.1, 0.15) is 11.9 Å². The molecular weight excluding hydrogens is 423 g/mol. The zero-order valence-corrected chi connectivity index (χ0v) is 17.5. The van der Waals surface area contributed by atoms with Crippen LogP contribution in [-0.2, 0) is 24.3 Å². The molecule has 0 fully saturated rings. The van der Waals surface area contributed by atoms with Crippen molar-refractivity contribution < 1.29 is 27.1 Å². The molecule has 1 unspecified atom stereocenters. The lowest BCUT2D eigenvalue weighted by Gasteiger charge is -2.18. The Morgan fingerprint density at radius 3 is 2.31 bits per heavy atom. The van der Waals surface area contributed by atoms with Gasteiger partial charge in [-0.1, -0.05) is 29.3 Å². The van der Waals surface area contributed by atoms with Gasteiger partial charge in [-0.3, -0.25) is 9.59 Å². The van der Waals surface area contributed by atoms with Gasteiger partial charge in [-0.2, -0.15) is 4.72 Å². The highest BCUT2D eigenvalue weighted by molar-refractivity contribution is 7.89. The van der Waals surface area contributed by atoms with Crippen LogP contribution >= 0.6 is 11.6 Å². The summed E-state index contributed by atoms with van der Waals surface area (Å²) in [6, 6.07) is 8.50. The first-order valence-electron chi connectivity index (χ1n) is 8.55. The smallest absolute Gasteiger partial charge is 0.324 e. The van der Waals surface area contributed by atoms with Crippen LogP contribution in [0.5, 0.6) is 0 Å². The van der Waals surface area contributed by atoms with Crippen LogP contribution in [0.4, 0.5) is 10.1 Å². The maximum atomic E-state index is 13.8. The van der Waals surface area contributed by atoms with Crippen molar-refractivity contribution in [2.45, 2.75) is 37.8 Å². The van der Waals surface area contributed by atoms with Gasteiger partial charge in [0.15, 0.2) is 6.10 Å². The molecule has 10 heteroatoms. The summed E-state index contributed by atoms with van der Waals surface area (Å²) in [4.78, 5) is 24.3. The quantitative estimate of drug-likeness (QED) is 0.642. The lowest BCUT2D eigenvalue weighted by molar-refractivity contribution is -0.154. The predicted molar refractivity (Wildman–Crippen MR) is 107 cm³/mol. The Bertz CT molecular complexity index is 1010. The highest BCUT2D eigenvalue weighted by Gasteiger charge is 2.26. The average Bonchev–Trinajstić information content (AvgIpc) is 2.63. The molecule has 0 spiro atoms. The first kappa shape index (κ1) is 22.8. The molecule has 0 aromatic heterocycles. The second-order valence-electron chi connectivity index (χ2n) is 6.35. The summed E-state index contributed by atoms with van der Waals surface area (Å²) in [5, 5.41) is 2.43. The molecule has 0 saturated heterocycles. The fourth-order valence-corrected chi connectivity index (χ4v) is 3.57. The third-order valence-corrected chi connectivity index (χ3v) is 5.66. The Morgan fingerprint density at radius 1 is 1.10 bits per heavy atom. The molecule has 0 aliphatic heterocycles. The first-order valence-corrected chi connectivity index (χ1v) is 10.4. The maximum Gasteiger partial charge on any atom is 0.324 e. The van der Waals surface area contributed by atoms with Gasteiger partial charge >= 0.3 is 5.97 Å². The van der Waals surface area contributed by atoms with E-state index in [-0.39, 0.29) is 15.6 Å². The van der Waals surface area contributed by atoms with Gasteiger partial charge in [-0.15, -0.1) is 0 Å². The number of sulfonamides is 1. The fraction of sp³-hybridized carbons (Fsp3) is 0.263. The van der Waals surface area contributed by atoms with E-state index < -0.39 is 39.9 Å². The summed E-state index contributed by atoms with van der Waals surface area (Å²) in [7, 11) is -3.95. The average molecular weight is 443 g/mol. The second kappa shape index (κ2) is 9.34. The normalized spacial score (nSPS) is 13.4. The zero-order valence-electron chi connectivity index (χ0n) is 15.9. The number of hydrogen-bond donors (Lipinski definition) is 2. The van der Waals surface area contributed by atoms with Gasteiger partial charge in [0.2, 0.25) is 10.0 Å². The van der Waals surface area contributed by atoms with Crippen molar-refractivity contribution in [2.75, 3.05) is 5.32 Å². The summed E-state index contributed by atoms with van der Waals surface area (Å²) in [5.41, 5.74) is 0.754. The number of carbonyl (C=O) groups is 2. The Hall–Kier alpha value is -2.49. The largest absolute Gasteiger partial charge is 0.451 e. The van der Waals surface area contributed by atoms with Crippen molar-refractivity contribution in [1.82, 2.24) is 4.72 Å². The van der Waals surface area contributed by atoms with Crippen molar-refractivity contribution in [2.24, 2.45) is 0 Å². The van der Waals surface area contributed by atoms with Crippen LogP contribution in [0.15, 0.2) is 47.4 Å². The molecule has 2 rings (SSSR count). The van der Waals surface area contributed by atoms with Gasteiger partial charge in [0.25, 0.3) is 5.91 Å². The van der Waals surface area contributed by atoms with Crippen LogP contribution in [-0.4, -0.2) is 32.4 Å². The molecule has 2 atom stereocenters. The molecule has 0 radical (unpaired) electrons. The number of carbonyl (C=O) groups excluding carboxylic acids is 2. The lowest BCUT2D eigenvalue weighted by Crippen LogP contribution is -2.42. The number of amides is 1. The molecule has 2 N–H and O–H groups in total. The second-order valence-corrected chi connectivity index (χ2v) is 8.50. The van der Waals surface area contributed by atoms with E-state index in [1.165, 1.54) is 38.1 Å². The fourth-order valence-electron chi connectivity index (χ4n) is 2.22. The van der Waals surface area contributed by atoms with Gasteiger partial charge in [0.05, 0.1) is 10.6 Å². The number of ether oxygens (including phenoxy) is 1. The van der Waals surface area contributed by atoms with Crippen LogP contribution < -0.4 is 10.0 Å². The van der Waals surface area contributed by atoms with E-state index in [1.807, 2.05) is 6.92 Å². The SMILES string of the molecule is Cc1ccc(S(=O)(=O)N[C@@H](C)C(=O)OC(C)C(=O)Nc2ccc(Cl)cc2F)cc1. The number of hydrogen-bond acceptors (Lipinski definition) is 5. The van der Waals surface area contributed by atoms with Crippen LogP contribution in [0, 0.1) is 12.7 Å².